The van der Waals surface area contributed by atoms with Crippen molar-refractivity contribution in [2.45, 2.75) is 12.2 Å². The van der Waals surface area contributed by atoms with Crippen molar-refractivity contribution >= 4 is 23.7 Å². The maximum Gasteiger partial charge on any atom is 0.153 e. The van der Waals surface area contributed by atoms with Gasteiger partial charge in [0.15, 0.2) is 5.82 Å². The van der Waals surface area contributed by atoms with Gasteiger partial charge < -0.3 is 4.98 Å². The van der Waals surface area contributed by atoms with E-state index in [-0.39, 0.29) is 10.8 Å². The fourth-order valence-electron chi connectivity index (χ4n) is 1.26. The van der Waals surface area contributed by atoms with Crippen LogP contribution in [-0.2, 0) is 0 Å². The number of rotatable bonds is 1. The number of H-pyrrole nitrogens is 1. The molecule has 0 amide bonds. The Morgan fingerprint density at radius 1 is 1.43 bits per heavy atom. The molecule has 1 heterocycles. The Balaban J connectivity index is 2.70. The molecule has 2 aromatic rings. The molecule has 0 bridgehead atoms. The van der Waals surface area contributed by atoms with Crippen molar-refractivity contribution in [3.8, 4) is 0 Å². The van der Waals surface area contributed by atoms with Crippen LogP contribution in [0.2, 0.25) is 0 Å². The Morgan fingerprint density at radius 3 is 2.79 bits per heavy atom. The Labute approximate surface area is 84.8 Å². The summed E-state index contributed by atoms with van der Waals surface area (Å²) in [6.07, 6.45) is 0. The largest absolute Gasteiger partial charge is 0.341 e. The number of fused-ring (bicyclic) bond motifs is 1. The van der Waals surface area contributed by atoms with Gasteiger partial charge in [-0.05, 0) is 13.0 Å². The highest BCUT2D eigenvalue weighted by Crippen LogP contribution is 2.22. The van der Waals surface area contributed by atoms with E-state index in [0.29, 0.717) is 11.3 Å². The quantitative estimate of drug-likeness (QED) is 0.702. The molecule has 0 radical (unpaired) electrons. The van der Waals surface area contributed by atoms with Gasteiger partial charge in [0.05, 0.1) is 10.8 Å². The first-order chi connectivity index (χ1) is 6.58. The molecular formula is C9H8F2N2S. The van der Waals surface area contributed by atoms with Gasteiger partial charge in [-0.1, -0.05) is 0 Å². The lowest BCUT2D eigenvalue weighted by atomic mass is 10.3. The SMILES string of the molecule is CC(S)c1nc2c(F)cc(F)cc2[nH]1. The standard InChI is InChI=1S/C9H8F2N2S/c1-4(14)9-12-7-3-5(10)2-6(11)8(7)13-9/h2-4,14H,1H3,(H,12,13). The molecule has 1 aromatic heterocycles. The summed E-state index contributed by atoms with van der Waals surface area (Å²) in [5, 5.41) is -0.134. The number of hydrogen-bond acceptors (Lipinski definition) is 2. The molecule has 1 atom stereocenters. The average Bonchev–Trinajstić information content (AvgIpc) is 2.47. The topological polar surface area (TPSA) is 28.7 Å². The predicted molar refractivity (Wildman–Crippen MR) is 53.4 cm³/mol. The van der Waals surface area contributed by atoms with Crippen LogP contribution < -0.4 is 0 Å². The van der Waals surface area contributed by atoms with E-state index in [1.807, 2.05) is 0 Å². The first kappa shape index (κ1) is 9.45. The van der Waals surface area contributed by atoms with Gasteiger partial charge in [0.25, 0.3) is 0 Å². The van der Waals surface area contributed by atoms with Crippen LogP contribution >= 0.6 is 12.6 Å². The smallest absolute Gasteiger partial charge is 0.153 e. The number of aromatic amines is 1. The molecule has 0 saturated carbocycles. The van der Waals surface area contributed by atoms with Gasteiger partial charge in [-0.3, -0.25) is 0 Å². The molecule has 0 aliphatic carbocycles. The van der Waals surface area contributed by atoms with Gasteiger partial charge in [0.1, 0.15) is 17.2 Å². The number of hydrogen-bond donors (Lipinski definition) is 2. The fraction of sp³-hybridized carbons (Fsp3) is 0.222. The normalized spacial score (nSPS) is 13.4. The van der Waals surface area contributed by atoms with Crippen molar-refractivity contribution in [3.05, 3.63) is 29.6 Å². The third kappa shape index (κ3) is 1.48. The molecule has 0 fully saturated rings. The lowest BCUT2D eigenvalue weighted by molar-refractivity contribution is 0.590. The van der Waals surface area contributed by atoms with Crippen LogP contribution in [-0.4, -0.2) is 9.97 Å². The molecule has 0 saturated heterocycles. The third-order valence-electron chi connectivity index (χ3n) is 1.92. The molecular weight excluding hydrogens is 206 g/mol. The zero-order valence-electron chi connectivity index (χ0n) is 7.38. The fourth-order valence-corrected chi connectivity index (χ4v) is 1.38. The monoisotopic (exact) mass is 214 g/mol. The summed E-state index contributed by atoms with van der Waals surface area (Å²) in [5.74, 6) is -0.735. The van der Waals surface area contributed by atoms with E-state index in [0.717, 1.165) is 6.07 Å². The lowest BCUT2D eigenvalue weighted by Crippen LogP contribution is -1.85. The number of imidazole rings is 1. The second-order valence-electron chi connectivity index (χ2n) is 3.08. The molecule has 2 nitrogen and oxygen atoms in total. The Hall–Kier alpha value is -1.10. The number of benzene rings is 1. The summed E-state index contributed by atoms with van der Waals surface area (Å²) in [5.41, 5.74) is 0.515. The highest BCUT2D eigenvalue weighted by atomic mass is 32.1. The van der Waals surface area contributed by atoms with E-state index in [1.54, 1.807) is 6.92 Å². The number of halogens is 2. The van der Waals surface area contributed by atoms with Crippen molar-refractivity contribution < 1.29 is 8.78 Å². The average molecular weight is 214 g/mol. The van der Waals surface area contributed by atoms with Crippen molar-refractivity contribution in [2.75, 3.05) is 0 Å². The van der Waals surface area contributed by atoms with Crippen LogP contribution in [0, 0.1) is 11.6 Å². The molecule has 2 rings (SSSR count). The van der Waals surface area contributed by atoms with Gasteiger partial charge in [0.2, 0.25) is 0 Å². The second kappa shape index (κ2) is 3.24. The summed E-state index contributed by atoms with van der Waals surface area (Å²) in [6, 6.07) is 2.03. The van der Waals surface area contributed by atoms with Gasteiger partial charge >= 0.3 is 0 Å². The van der Waals surface area contributed by atoms with Crippen LogP contribution in [0.4, 0.5) is 8.78 Å². The van der Waals surface area contributed by atoms with E-state index >= 15 is 0 Å². The first-order valence-electron chi connectivity index (χ1n) is 4.10. The highest BCUT2D eigenvalue weighted by molar-refractivity contribution is 7.80. The summed E-state index contributed by atoms with van der Waals surface area (Å²) < 4.78 is 26.0. The van der Waals surface area contributed by atoms with E-state index in [1.165, 1.54) is 6.07 Å². The summed E-state index contributed by atoms with van der Waals surface area (Å²) >= 11 is 4.15. The van der Waals surface area contributed by atoms with Crippen molar-refractivity contribution in [3.63, 3.8) is 0 Å². The second-order valence-corrected chi connectivity index (χ2v) is 3.86. The van der Waals surface area contributed by atoms with E-state index in [4.69, 9.17) is 0 Å². The summed E-state index contributed by atoms with van der Waals surface area (Å²) in [6.45, 7) is 1.80. The van der Waals surface area contributed by atoms with E-state index < -0.39 is 11.6 Å². The predicted octanol–water partition coefficient (Wildman–Crippen LogP) is 2.83. The third-order valence-corrected chi connectivity index (χ3v) is 2.16. The molecule has 0 aliphatic rings. The van der Waals surface area contributed by atoms with Crippen LogP contribution in [0.5, 0.6) is 0 Å². The maximum absolute atomic E-state index is 13.2. The van der Waals surface area contributed by atoms with Crippen LogP contribution in [0.1, 0.15) is 18.0 Å². The van der Waals surface area contributed by atoms with Crippen molar-refractivity contribution in [2.24, 2.45) is 0 Å². The minimum Gasteiger partial charge on any atom is -0.341 e. The summed E-state index contributed by atoms with van der Waals surface area (Å²) in [4.78, 5) is 6.79. The minimum atomic E-state index is -0.656. The van der Waals surface area contributed by atoms with E-state index in [2.05, 4.69) is 22.6 Å². The zero-order valence-corrected chi connectivity index (χ0v) is 8.28. The molecule has 74 valence electrons. The first-order valence-corrected chi connectivity index (χ1v) is 4.62. The Kier molecular flexibility index (Phi) is 2.19. The van der Waals surface area contributed by atoms with Crippen LogP contribution in [0.25, 0.3) is 11.0 Å². The molecule has 1 aromatic carbocycles. The summed E-state index contributed by atoms with van der Waals surface area (Å²) in [7, 11) is 0. The molecule has 5 heteroatoms. The van der Waals surface area contributed by atoms with Gasteiger partial charge in [-0.25, -0.2) is 13.8 Å². The number of nitrogens with one attached hydrogen (secondary N) is 1. The maximum atomic E-state index is 13.2. The van der Waals surface area contributed by atoms with Crippen LogP contribution in [0.3, 0.4) is 0 Å². The molecule has 1 unspecified atom stereocenters. The minimum absolute atomic E-state index is 0.134. The van der Waals surface area contributed by atoms with Crippen LogP contribution in [0.15, 0.2) is 12.1 Å². The lowest BCUT2D eigenvalue weighted by Gasteiger charge is -1.94. The Morgan fingerprint density at radius 2 is 2.14 bits per heavy atom. The van der Waals surface area contributed by atoms with Gasteiger partial charge in [0, 0.05) is 6.07 Å². The highest BCUT2D eigenvalue weighted by Gasteiger charge is 2.11. The van der Waals surface area contributed by atoms with Crippen molar-refractivity contribution in [1.82, 2.24) is 9.97 Å². The number of thiol groups is 1. The zero-order chi connectivity index (χ0) is 10.3. The van der Waals surface area contributed by atoms with Gasteiger partial charge in [-0.15, -0.1) is 0 Å². The molecule has 0 aliphatic heterocycles. The molecule has 14 heavy (non-hydrogen) atoms. The Bertz CT molecular complexity index is 479. The van der Waals surface area contributed by atoms with Crippen molar-refractivity contribution in [1.29, 1.82) is 0 Å². The van der Waals surface area contributed by atoms with Gasteiger partial charge in [-0.2, -0.15) is 12.6 Å². The number of nitrogens with zero attached hydrogens (tertiary/aromatic N) is 1. The molecule has 1 N–H and O–H groups in total. The number of aromatic nitrogens is 2. The molecule has 0 spiro atoms. The van der Waals surface area contributed by atoms with E-state index in [9.17, 15) is 8.78 Å².